The molecule has 2 aliphatic carbocycles. The first kappa shape index (κ1) is 8.52. The molecular weight excluding hydrogens is 152 g/mol. The molecule has 0 spiro atoms. The summed E-state index contributed by atoms with van der Waals surface area (Å²) in [5.41, 5.74) is 0.0683. The summed E-state index contributed by atoms with van der Waals surface area (Å²) in [5, 5.41) is 19.5. The molecule has 0 bridgehead atoms. The normalized spacial score (nSPS) is 57.5. The highest BCUT2D eigenvalue weighted by molar-refractivity contribution is 5.18. The molecule has 0 aromatic carbocycles. The molecule has 2 nitrogen and oxygen atoms in total. The monoisotopic (exact) mass is 170 g/mol. The number of aliphatic hydroxyl groups excluding tert-OH is 2. The molecular formula is C10H18O2. The first-order chi connectivity index (χ1) is 5.51. The van der Waals surface area contributed by atoms with E-state index in [4.69, 9.17) is 0 Å². The maximum Gasteiger partial charge on any atom is 0.0863 e. The van der Waals surface area contributed by atoms with Crippen molar-refractivity contribution in [1.82, 2.24) is 0 Å². The van der Waals surface area contributed by atoms with Gasteiger partial charge in [-0.3, -0.25) is 0 Å². The van der Waals surface area contributed by atoms with E-state index >= 15 is 0 Å². The predicted octanol–water partition coefficient (Wildman–Crippen LogP) is 1.02. The molecule has 0 saturated heterocycles. The van der Waals surface area contributed by atoms with E-state index in [0.717, 1.165) is 6.42 Å². The van der Waals surface area contributed by atoms with Crippen LogP contribution in [0, 0.1) is 23.2 Å². The molecule has 2 saturated carbocycles. The first-order valence-electron chi connectivity index (χ1n) is 4.88. The third kappa shape index (κ3) is 0.728. The van der Waals surface area contributed by atoms with E-state index in [0.29, 0.717) is 17.8 Å². The minimum Gasteiger partial charge on any atom is -0.390 e. The lowest BCUT2D eigenvalue weighted by molar-refractivity contribution is -0.0282. The van der Waals surface area contributed by atoms with Gasteiger partial charge in [0.1, 0.15) is 0 Å². The molecule has 0 aromatic heterocycles. The van der Waals surface area contributed by atoms with Crippen molar-refractivity contribution in [3.8, 4) is 0 Å². The lowest BCUT2D eigenvalue weighted by atomic mass is 9.87. The van der Waals surface area contributed by atoms with Crippen LogP contribution in [0.3, 0.4) is 0 Å². The number of aliphatic hydroxyl groups is 2. The van der Waals surface area contributed by atoms with Gasteiger partial charge in [-0.1, -0.05) is 20.8 Å². The molecule has 4 unspecified atom stereocenters. The van der Waals surface area contributed by atoms with Crippen LogP contribution in [-0.4, -0.2) is 22.4 Å². The average molecular weight is 170 g/mol. The van der Waals surface area contributed by atoms with Crippen LogP contribution in [0.1, 0.15) is 27.2 Å². The number of fused-ring (bicyclic) bond motifs is 1. The molecule has 2 fully saturated rings. The lowest BCUT2D eigenvalue weighted by Crippen LogP contribution is -2.34. The zero-order valence-corrected chi connectivity index (χ0v) is 7.99. The number of rotatable bonds is 1. The Labute approximate surface area is 73.6 Å². The zero-order valence-electron chi connectivity index (χ0n) is 7.99. The highest BCUT2D eigenvalue weighted by Crippen LogP contribution is 2.69. The Kier molecular flexibility index (Phi) is 1.59. The van der Waals surface area contributed by atoms with Crippen LogP contribution < -0.4 is 0 Å². The zero-order chi connectivity index (χ0) is 9.09. The summed E-state index contributed by atoms with van der Waals surface area (Å²) in [6, 6.07) is 0. The van der Waals surface area contributed by atoms with E-state index in [2.05, 4.69) is 20.8 Å². The molecule has 2 aliphatic rings. The molecule has 0 heterocycles. The fraction of sp³-hybridized carbons (Fsp3) is 1.00. The molecule has 70 valence electrons. The molecule has 12 heavy (non-hydrogen) atoms. The van der Waals surface area contributed by atoms with Crippen LogP contribution in [0.25, 0.3) is 0 Å². The standard InChI is InChI=1S/C10H18O2/c1-5(2)10-4-7(10)6(3)8(11)9(10)12/h5-9,11-12H,4H2,1-3H3/t6?,7?,8-,9?,10?/m0/s1. The molecule has 5 atom stereocenters. The SMILES string of the molecule is CC1C2CC2(C(C)C)C(O)[C@H]1O. The van der Waals surface area contributed by atoms with Gasteiger partial charge in [0.2, 0.25) is 0 Å². The van der Waals surface area contributed by atoms with Crippen LogP contribution in [0.15, 0.2) is 0 Å². The average Bonchev–Trinajstić information content (AvgIpc) is 2.71. The largest absolute Gasteiger partial charge is 0.390 e. The van der Waals surface area contributed by atoms with Crippen molar-refractivity contribution in [2.75, 3.05) is 0 Å². The van der Waals surface area contributed by atoms with E-state index in [9.17, 15) is 10.2 Å². The maximum absolute atomic E-state index is 9.85. The third-order valence-corrected chi connectivity index (χ3v) is 4.23. The van der Waals surface area contributed by atoms with Gasteiger partial charge in [-0.15, -0.1) is 0 Å². The molecule has 2 heteroatoms. The summed E-state index contributed by atoms with van der Waals surface area (Å²) in [6.07, 6.45) is 0.160. The van der Waals surface area contributed by atoms with Gasteiger partial charge in [-0.25, -0.2) is 0 Å². The molecule has 0 amide bonds. The van der Waals surface area contributed by atoms with Gasteiger partial charge < -0.3 is 10.2 Å². The van der Waals surface area contributed by atoms with E-state index in [-0.39, 0.29) is 5.41 Å². The summed E-state index contributed by atoms with van der Waals surface area (Å²) in [4.78, 5) is 0. The van der Waals surface area contributed by atoms with Gasteiger partial charge >= 0.3 is 0 Å². The minimum absolute atomic E-state index is 0.0683. The molecule has 2 N–H and O–H groups in total. The Balaban J connectivity index is 2.24. The van der Waals surface area contributed by atoms with Gasteiger partial charge in [-0.2, -0.15) is 0 Å². The smallest absolute Gasteiger partial charge is 0.0863 e. The van der Waals surface area contributed by atoms with Gasteiger partial charge in [0.25, 0.3) is 0 Å². The molecule has 0 radical (unpaired) electrons. The summed E-state index contributed by atoms with van der Waals surface area (Å²) in [5.74, 6) is 1.36. The van der Waals surface area contributed by atoms with Gasteiger partial charge in [0.15, 0.2) is 0 Å². The van der Waals surface area contributed by atoms with E-state index in [1.807, 2.05) is 0 Å². The molecule has 0 aromatic rings. The summed E-state index contributed by atoms with van der Waals surface area (Å²) >= 11 is 0. The highest BCUT2D eigenvalue weighted by atomic mass is 16.3. The topological polar surface area (TPSA) is 40.5 Å². The van der Waals surface area contributed by atoms with Gasteiger partial charge in [-0.05, 0) is 24.2 Å². The Morgan fingerprint density at radius 2 is 1.92 bits per heavy atom. The van der Waals surface area contributed by atoms with E-state index in [1.165, 1.54) is 0 Å². The highest BCUT2D eigenvalue weighted by Gasteiger charge is 2.70. The first-order valence-corrected chi connectivity index (χ1v) is 4.88. The van der Waals surface area contributed by atoms with Crippen LogP contribution >= 0.6 is 0 Å². The third-order valence-electron chi connectivity index (χ3n) is 4.23. The van der Waals surface area contributed by atoms with E-state index in [1.54, 1.807) is 0 Å². The predicted molar refractivity (Wildman–Crippen MR) is 46.6 cm³/mol. The second kappa shape index (κ2) is 2.24. The van der Waals surface area contributed by atoms with Crippen molar-refractivity contribution in [3.05, 3.63) is 0 Å². The fourth-order valence-electron chi connectivity index (χ4n) is 3.19. The summed E-state index contributed by atoms with van der Waals surface area (Å²) in [7, 11) is 0. The van der Waals surface area contributed by atoms with Gasteiger partial charge in [0, 0.05) is 5.41 Å². The second-order valence-electron chi connectivity index (χ2n) is 4.87. The second-order valence-corrected chi connectivity index (χ2v) is 4.87. The van der Waals surface area contributed by atoms with Crippen LogP contribution in [-0.2, 0) is 0 Å². The lowest BCUT2D eigenvalue weighted by Gasteiger charge is -2.25. The Morgan fingerprint density at radius 1 is 1.33 bits per heavy atom. The van der Waals surface area contributed by atoms with Crippen molar-refractivity contribution in [3.63, 3.8) is 0 Å². The van der Waals surface area contributed by atoms with Crippen molar-refractivity contribution < 1.29 is 10.2 Å². The Morgan fingerprint density at radius 3 is 2.17 bits per heavy atom. The number of hydrogen-bond acceptors (Lipinski definition) is 2. The molecule has 2 rings (SSSR count). The fourth-order valence-corrected chi connectivity index (χ4v) is 3.19. The minimum atomic E-state index is -0.480. The molecule has 0 aliphatic heterocycles. The number of hydrogen-bond donors (Lipinski definition) is 2. The van der Waals surface area contributed by atoms with Crippen molar-refractivity contribution in [2.45, 2.75) is 39.4 Å². The van der Waals surface area contributed by atoms with Crippen molar-refractivity contribution >= 4 is 0 Å². The summed E-state index contributed by atoms with van der Waals surface area (Å²) in [6.45, 7) is 6.34. The summed E-state index contributed by atoms with van der Waals surface area (Å²) < 4.78 is 0. The quantitative estimate of drug-likeness (QED) is 0.617. The van der Waals surface area contributed by atoms with Gasteiger partial charge in [0.05, 0.1) is 12.2 Å². The maximum atomic E-state index is 9.85. The Hall–Kier alpha value is -0.0800. The van der Waals surface area contributed by atoms with Crippen molar-refractivity contribution in [1.29, 1.82) is 0 Å². The van der Waals surface area contributed by atoms with Crippen molar-refractivity contribution in [2.24, 2.45) is 23.2 Å². The van der Waals surface area contributed by atoms with Crippen LogP contribution in [0.2, 0.25) is 0 Å². The Bertz CT molecular complexity index is 200. The van der Waals surface area contributed by atoms with Crippen LogP contribution in [0.5, 0.6) is 0 Å². The van der Waals surface area contributed by atoms with E-state index < -0.39 is 12.2 Å². The van der Waals surface area contributed by atoms with Crippen LogP contribution in [0.4, 0.5) is 0 Å².